The summed E-state index contributed by atoms with van der Waals surface area (Å²) >= 11 is 0. The molecule has 2 aromatic heterocycles. The van der Waals surface area contributed by atoms with Crippen molar-refractivity contribution in [1.82, 2.24) is 24.6 Å². The number of aryl methyl sites for hydroxylation is 2. The minimum Gasteiger partial charge on any atom is -0.490 e. The van der Waals surface area contributed by atoms with E-state index in [9.17, 15) is 4.79 Å². The molecule has 10 nitrogen and oxygen atoms in total. The summed E-state index contributed by atoms with van der Waals surface area (Å²) in [5.41, 5.74) is 8.93. The first kappa shape index (κ1) is 23.0. The Morgan fingerprint density at radius 3 is 2.68 bits per heavy atom. The van der Waals surface area contributed by atoms with Crippen molar-refractivity contribution >= 4 is 28.1 Å². The lowest BCUT2D eigenvalue weighted by Gasteiger charge is -2.15. The maximum Gasteiger partial charge on any atom is 0.270 e. The van der Waals surface area contributed by atoms with Crippen LogP contribution in [0.3, 0.4) is 0 Å². The summed E-state index contributed by atoms with van der Waals surface area (Å²) in [4.78, 5) is 22.6. The number of benzene rings is 2. The molecule has 34 heavy (non-hydrogen) atoms. The molecule has 0 aliphatic carbocycles. The molecular formula is C24H27N7O3. The quantitative estimate of drug-likeness (QED) is 0.381. The number of nitrogens with zero attached hydrogens (tertiary/aromatic N) is 5. The minimum absolute atomic E-state index is 0.241. The van der Waals surface area contributed by atoms with Gasteiger partial charge >= 0.3 is 0 Å². The number of ether oxygens (including phenoxy) is 2. The van der Waals surface area contributed by atoms with Crippen molar-refractivity contribution in [2.75, 3.05) is 38.3 Å². The Balaban J connectivity index is 1.54. The van der Waals surface area contributed by atoms with Crippen molar-refractivity contribution in [2.24, 2.45) is 7.05 Å². The number of aromatic nitrogens is 4. The Morgan fingerprint density at radius 1 is 1.12 bits per heavy atom. The SMILES string of the molecule is Cc1cc(Nc2ncnc3cc(OCCN(C)C)c(N)cc23)ccc1Oc1cnn(C)c(=O)c1. The second kappa shape index (κ2) is 9.75. The molecule has 4 rings (SSSR count). The van der Waals surface area contributed by atoms with Gasteiger partial charge in [-0.2, -0.15) is 5.10 Å². The zero-order valence-electron chi connectivity index (χ0n) is 19.6. The van der Waals surface area contributed by atoms with Crippen LogP contribution in [0.5, 0.6) is 17.2 Å². The highest BCUT2D eigenvalue weighted by Gasteiger charge is 2.11. The molecule has 176 valence electrons. The van der Waals surface area contributed by atoms with E-state index in [1.165, 1.54) is 23.3 Å². The number of nitrogens with one attached hydrogen (secondary N) is 1. The third-order valence-electron chi connectivity index (χ3n) is 5.17. The lowest BCUT2D eigenvalue weighted by molar-refractivity contribution is 0.262. The van der Waals surface area contributed by atoms with E-state index < -0.39 is 0 Å². The highest BCUT2D eigenvalue weighted by atomic mass is 16.5. The Bertz CT molecular complexity index is 1390. The van der Waals surface area contributed by atoms with E-state index in [0.717, 1.165) is 28.7 Å². The van der Waals surface area contributed by atoms with Crippen LogP contribution in [-0.2, 0) is 7.05 Å². The van der Waals surface area contributed by atoms with Gasteiger partial charge in [0.1, 0.15) is 30.3 Å². The maximum atomic E-state index is 11.8. The number of rotatable bonds is 8. The molecule has 0 saturated heterocycles. The first-order valence-corrected chi connectivity index (χ1v) is 10.7. The van der Waals surface area contributed by atoms with Crippen molar-refractivity contribution in [3.05, 3.63) is 64.8 Å². The third-order valence-corrected chi connectivity index (χ3v) is 5.17. The Labute approximate surface area is 197 Å². The van der Waals surface area contributed by atoms with Crippen LogP contribution in [0.2, 0.25) is 0 Å². The van der Waals surface area contributed by atoms with Crippen LogP contribution in [0.1, 0.15) is 5.56 Å². The van der Waals surface area contributed by atoms with Gasteiger partial charge in [-0.15, -0.1) is 0 Å². The van der Waals surface area contributed by atoms with Gasteiger partial charge in [-0.25, -0.2) is 14.6 Å². The predicted molar refractivity (Wildman–Crippen MR) is 132 cm³/mol. The summed E-state index contributed by atoms with van der Waals surface area (Å²) in [6.07, 6.45) is 3.00. The summed E-state index contributed by atoms with van der Waals surface area (Å²) in [5.74, 6) is 2.23. The second-order valence-electron chi connectivity index (χ2n) is 8.14. The van der Waals surface area contributed by atoms with Gasteiger partial charge in [0, 0.05) is 36.8 Å². The van der Waals surface area contributed by atoms with Gasteiger partial charge in [-0.05, 0) is 50.8 Å². The van der Waals surface area contributed by atoms with Gasteiger partial charge in [-0.1, -0.05) is 0 Å². The van der Waals surface area contributed by atoms with Gasteiger partial charge in [-0.3, -0.25) is 4.79 Å². The molecule has 10 heteroatoms. The zero-order chi connectivity index (χ0) is 24.2. The van der Waals surface area contributed by atoms with Crippen molar-refractivity contribution in [2.45, 2.75) is 6.92 Å². The summed E-state index contributed by atoms with van der Waals surface area (Å²) in [5, 5.41) is 8.08. The number of nitrogens with two attached hydrogens (primary N) is 1. The van der Waals surface area contributed by atoms with E-state index in [4.69, 9.17) is 15.2 Å². The van der Waals surface area contributed by atoms with Gasteiger partial charge in [0.25, 0.3) is 5.56 Å². The van der Waals surface area contributed by atoms with Crippen LogP contribution in [-0.4, -0.2) is 51.9 Å². The highest BCUT2D eigenvalue weighted by Crippen LogP contribution is 2.32. The molecule has 0 atom stereocenters. The van der Waals surface area contributed by atoms with E-state index in [0.29, 0.717) is 35.4 Å². The zero-order valence-corrected chi connectivity index (χ0v) is 19.6. The van der Waals surface area contributed by atoms with Crippen LogP contribution >= 0.6 is 0 Å². The first-order chi connectivity index (χ1) is 16.3. The van der Waals surface area contributed by atoms with Crippen LogP contribution in [0.25, 0.3) is 10.9 Å². The number of hydrogen-bond acceptors (Lipinski definition) is 9. The molecule has 0 fully saturated rings. The lowest BCUT2D eigenvalue weighted by atomic mass is 10.1. The number of hydrogen-bond donors (Lipinski definition) is 2. The summed E-state index contributed by atoms with van der Waals surface area (Å²) in [7, 11) is 5.56. The third kappa shape index (κ3) is 5.24. The first-order valence-electron chi connectivity index (χ1n) is 10.7. The molecule has 0 spiro atoms. The molecule has 0 aliphatic rings. The predicted octanol–water partition coefficient (Wildman–Crippen LogP) is 3.09. The standard InChI is InChI=1S/C24H27N7O3/c1-15-9-16(5-6-21(15)34-17-10-23(32)31(4)28-13-17)29-24-18-11-19(25)22(33-8-7-30(2)3)12-20(18)26-14-27-24/h5-6,9-14H,7-8,25H2,1-4H3,(H,26,27,29). The largest absolute Gasteiger partial charge is 0.490 e. The Hall–Kier alpha value is -4.18. The minimum atomic E-state index is -0.241. The van der Waals surface area contributed by atoms with Crippen molar-refractivity contribution in [3.63, 3.8) is 0 Å². The fourth-order valence-corrected chi connectivity index (χ4v) is 3.28. The number of fused-ring (bicyclic) bond motifs is 1. The lowest BCUT2D eigenvalue weighted by Crippen LogP contribution is -2.19. The van der Waals surface area contributed by atoms with E-state index >= 15 is 0 Å². The Kier molecular flexibility index (Phi) is 6.60. The maximum absolute atomic E-state index is 11.8. The molecule has 0 aliphatic heterocycles. The molecule has 0 unspecified atom stereocenters. The van der Waals surface area contributed by atoms with Crippen LogP contribution in [0, 0.1) is 6.92 Å². The molecule has 0 saturated carbocycles. The van der Waals surface area contributed by atoms with Crippen molar-refractivity contribution in [3.8, 4) is 17.2 Å². The molecule has 2 aromatic carbocycles. The smallest absolute Gasteiger partial charge is 0.270 e. The average Bonchev–Trinajstić information content (AvgIpc) is 2.79. The monoisotopic (exact) mass is 461 g/mol. The Morgan fingerprint density at radius 2 is 1.94 bits per heavy atom. The van der Waals surface area contributed by atoms with E-state index in [-0.39, 0.29) is 5.56 Å². The van der Waals surface area contributed by atoms with E-state index in [1.54, 1.807) is 7.05 Å². The number of nitrogen functional groups attached to an aromatic ring is 1. The van der Waals surface area contributed by atoms with Crippen molar-refractivity contribution in [1.29, 1.82) is 0 Å². The summed E-state index contributed by atoms with van der Waals surface area (Å²) in [6, 6.07) is 10.7. The second-order valence-corrected chi connectivity index (χ2v) is 8.14. The summed E-state index contributed by atoms with van der Waals surface area (Å²) < 4.78 is 12.9. The van der Waals surface area contributed by atoms with E-state index in [2.05, 4.69) is 20.4 Å². The van der Waals surface area contributed by atoms with Gasteiger partial charge < -0.3 is 25.4 Å². The molecule has 0 radical (unpaired) electrons. The molecule has 3 N–H and O–H groups in total. The summed E-state index contributed by atoms with van der Waals surface area (Å²) in [6.45, 7) is 3.23. The number of anilines is 3. The van der Waals surface area contributed by atoms with Crippen LogP contribution in [0.4, 0.5) is 17.2 Å². The van der Waals surface area contributed by atoms with Gasteiger partial charge in [0.05, 0.1) is 17.4 Å². The van der Waals surface area contributed by atoms with Gasteiger partial charge in [0.2, 0.25) is 0 Å². The van der Waals surface area contributed by atoms with Crippen LogP contribution in [0.15, 0.2) is 53.7 Å². The molecule has 0 bridgehead atoms. The fraction of sp³-hybridized carbons (Fsp3) is 0.250. The van der Waals surface area contributed by atoms with Gasteiger partial charge in [0.15, 0.2) is 5.75 Å². The molecule has 2 heterocycles. The highest BCUT2D eigenvalue weighted by molar-refractivity contribution is 5.94. The topological polar surface area (TPSA) is 120 Å². The average molecular weight is 462 g/mol. The number of likely N-dealkylation sites (N-methyl/N-ethyl adjacent to an activating group) is 1. The van der Waals surface area contributed by atoms with Crippen LogP contribution < -0.4 is 26.1 Å². The fourth-order valence-electron chi connectivity index (χ4n) is 3.28. The molecular weight excluding hydrogens is 434 g/mol. The van der Waals surface area contributed by atoms with Crippen molar-refractivity contribution < 1.29 is 9.47 Å². The molecule has 0 amide bonds. The molecule has 4 aromatic rings. The normalized spacial score (nSPS) is 11.1. The van der Waals surface area contributed by atoms with E-state index in [1.807, 2.05) is 56.3 Å².